The van der Waals surface area contributed by atoms with E-state index in [1.807, 2.05) is 6.07 Å². The fourth-order valence-electron chi connectivity index (χ4n) is 3.17. The first kappa shape index (κ1) is 16.2. The van der Waals surface area contributed by atoms with Gasteiger partial charge >= 0.3 is 0 Å². The lowest BCUT2D eigenvalue weighted by Crippen LogP contribution is -2.47. The number of rotatable bonds is 3. The number of nitriles is 1. The van der Waals surface area contributed by atoms with Crippen molar-refractivity contribution in [3.63, 3.8) is 0 Å². The highest BCUT2D eigenvalue weighted by Crippen LogP contribution is 2.23. The molecule has 0 N–H and O–H groups in total. The molecule has 2 unspecified atom stereocenters. The summed E-state index contributed by atoms with van der Waals surface area (Å²) in [6.07, 6.45) is 4.57. The molecule has 2 fully saturated rings. The summed E-state index contributed by atoms with van der Waals surface area (Å²) in [4.78, 5) is 35.6. The first-order chi connectivity index (χ1) is 11.6. The summed E-state index contributed by atoms with van der Waals surface area (Å²) in [7, 11) is 1.72. The van der Waals surface area contributed by atoms with Gasteiger partial charge in [0, 0.05) is 39.0 Å². The van der Waals surface area contributed by atoms with E-state index in [9.17, 15) is 9.59 Å². The van der Waals surface area contributed by atoms with Crippen LogP contribution in [0.1, 0.15) is 25.0 Å². The Kier molecular flexibility index (Phi) is 4.60. The van der Waals surface area contributed by atoms with Gasteiger partial charge in [-0.05, 0) is 12.8 Å². The molecule has 3 heterocycles. The number of likely N-dealkylation sites (tertiary alicyclic amines) is 2. The van der Waals surface area contributed by atoms with Crippen molar-refractivity contribution < 1.29 is 14.3 Å². The zero-order valence-electron chi connectivity index (χ0n) is 13.5. The van der Waals surface area contributed by atoms with E-state index in [1.54, 1.807) is 16.8 Å². The summed E-state index contributed by atoms with van der Waals surface area (Å²) in [5.41, 5.74) is 0.143. The maximum absolute atomic E-state index is 12.6. The minimum Gasteiger partial charge on any atom is -0.470 e. The molecule has 1 aromatic heterocycles. The molecule has 0 aliphatic carbocycles. The van der Waals surface area contributed by atoms with Crippen molar-refractivity contribution >= 4 is 11.8 Å². The monoisotopic (exact) mass is 329 g/mol. The average molecular weight is 329 g/mol. The quantitative estimate of drug-likeness (QED) is 0.785. The van der Waals surface area contributed by atoms with Crippen molar-refractivity contribution in [2.75, 3.05) is 26.7 Å². The smallest absolute Gasteiger partial charge is 0.251 e. The van der Waals surface area contributed by atoms with Crippen LogP contribution in [0.15, 0.2) is 12.4 Å². The van der Waals surface area contributed by atoms with Crippen molar-refractivity contribution in [2.24, 2.45) is 5.92 Å². The first-order valence-electron chi connectivity index (χ1n) is 7.99. The van der Waals surface area contributed by atoms with Crippen LogP contribution >= 0.6 is 0 Å². The predicted octanol–water partition coefficient (Wildman–Crippen LogP) is 0.196. The van der Waals surface area contributed by atoms with Gasteiger partial charge in [0.2, 0.25) is 17.5 Å². The molecule has 8 nitrogen and oxygen atoms in total. The summed E-state index contributed by atoms with van der Waals surface area (Å²) < 4.78 is 5.80. The second kappa shape index (κ2) is 6.83. The van der Waals surface area contributed by atoms with Crippen LogP contribution in [0, 0.1) is 17.2 Å². The van der Waals surface area contributed by atoms with Gasteiger partial charge in [0.05, 0.1) is 12.5 Å². The molecule has 2 amide bonds. The van der Waals surface area contributed by atoms with E-state index in [0.29, 0.717) is 19.6 Å². The molecule has 2 aliphatic heterocycles. The van der Waals surface area contributed by atoms with Crippen LogP contribution in [-0.2, 0) is 9.59 Å². The van der Waals surface area contributed by atoms with E-state index < -0.39 is 0 Å². The molecule has 1 aromatic rings. The van der Waals surface area contributed by atoms with E-state index in [4.69, 9.17) is 10.00 Å². The van der Waals surface area contributed by atoms with Crippen LogP contribution in [0.4, 0.5) is 0 Å². The van der Waals surface area contributed by atoms with Gasteiger partial charge in [0.15, 0.2) is 0 Å². The molecule has 0 spiro atoms. The largest absolute Gasteiger partial charge is 0.470 e. The summed E-state index contributed by atoms with van der Waals surface area (Å²) in [6, 6.07) is 1.95. The Morgan fingerprint density at radius 2 is 2.17 bits per heavy atom. The Bertz CT molecular complexity index is 687. The number of carbonyl (C=O) groups excluding carboxylic acids is 2. The number of nitrogens with zero attached hydrogens (tertiary/aromatic N) is 5. The first-order valence-corrected chi connectivity index (χ1v) is 7.99. The number of carbonyl (C=O) groups is 2. The normalized spacial score (nSPS) is 23.9. The average Bonchev–Trinajstić information content (AvgIpc) is 2.94. The van der Waals surface area contributed by atoms with Crippen LogP contribution in [0.5, 0.6) is 5.88 Å². The second-order valence-corrected chi connectivity index (χ2v) is 6.16. The Hall–Kier alpha value is -2.69. The maximum Gasteiger partial charge on any atom is 0.251 e. The van der Waals surface area contributed by atoms with Gasteiger partial charge in [0.25, 0.3) is 5.88 Å². The molecule has 8 heteroatoms. The topological polar surface area (TPSA) is 99.4 Å². The molecule has 3 rings (SSSR count). The molecule has 126 valence electrons. The van der Waals surface area contributed by atoms with Crippen molar-refractivity contribution in [3.05, 3.63) is 18.1 Å². The molecule has 2 atom stereocenters. The lowest BCUT2D eigenvalue weighted by atomic mass is 10.0. The molecule has 0 saturated carbocycles. The Balaban J connectivity index is 1.63. The zero-order valence-corrected chi connectivity index (χ0v) is 13.5. The third-order valence-corrected chi connectivity index (χ3v) is 4.43. The van der Waals surface area contributed by atoms with Gasteiger partial charge in [-0.1, -0.05) is 0 Å². The molecular weight excluding hydrogens is 310 g/mol. The summed E-state index contributed by atoms with van der Waals surface area (Å²) in [5.74, 6) is -0.0560. The van der Waals surface area contributed by atoms with E-state index in [1.165, 1.54) is 12.4 Å². The SMILES string of the molecule is CN1CC(C(=O)N2CCCC(Oc3nccnc3C#N)C2)CC1=O. The molecule has 24 heavy (non-hydrogen) atoms. The minimum atomic E-state index is -0.271. The van der Waals surface area contributed by atoms with Crippen molar-refractivity contribution in [1.82, 2.24) is 19.8 Å². The van der Waals surface area contributed by atoms with Crippen molar-refractivity contribution in [1.29, 1.82) is 5.26 Å². The number of hydrogen-bond acceptors (Lipinski definition) is 6. The van der Waals surface area contributed by atoms with Gasteiger partial charge in [-0.3, -0.25) is 9.59 Å². The number of aromatic nitrogens is 2. The summed E-state index contributed by atoms with van der Waals surface area (Å²) >= 11 is 0. The molecule has 2 saturated heterocycles. The minimum absolute atomic E-state index is 0.000604. The van der Waals surface area contributed by atoms with Gasteiger partial charge < -0.3 is 14.5 Å². The highest BCUT2D eigenvalue weighted by atomic mass is 16.5. The van der Waals surface area contributed by atoms with Crippen LogP contribution in [-0.4, -0.2) is 64.4 Å². The lowest BCUT2D eigenvalue weighted by Gasteiger charge is -2.34. The maximum atomic E-state index is 12.6. The third kappa shape index (κ3) is 3.30. The second-order valence-electron chi connectivity index (χ2n) is 6.16. The van der Waals surface area contributed by atoms with E-state index in [0.717, 1.165) is 12.8 Å². The van der Waals surface area contributed by atoms with Gasteiger partial charge in [-0.2, -0.15) is 5.26 Å². The molecule has 2 aliphatic rings. The van der Waals surface area contributed by atoms with Crippen molar-refractivity contribution in [3.8, 4) is 11.9 Å². The molecule has 0 bridgehead atoms. The number of piperidine rings is 1. The fourth-order valence-corrected chi connectivity index (χ4v) is 3.17. The van der Waals surface area contributed by atoms with Crippen LogP contribution in [0.25, 0.3) is 0 Å². The van der Waals surface area contributed by atoms with E-state index in [2.05, 4.69) is 9.97 Å². The van der Waals surface area contributed by atoms with Crippen LogP contribution in [0.3, 0.4) is 0 Å². The number of hydrogen-bond donors (Lipinski definition) is 0. The standard InChI is InChI=1S/C16H19N5O3/c1-20-9-11(7-14(20)22)16(23)21-6-2-3-12(10-21)24-15-13(8-17)18-4-5-19-15/h4-5,11-12H,2-3,6-7,9-10H2,1H3. The summed E-state index contributed by atoms with van der Waals surface area (Å²) in [6.45, 7) is 1.58. The lowest BCUT2D eigenvalue weighted by molar-refractivity contribution is -0.138. The number of ether oxygens (including phenoxy) is 1. The summed E-state index contributed by atoms with van der Waals surface area (Å²) in [5, 5.41) is 9.05. The van der Waals surface area contributed by atoms with Gasteiger partial charge in [0.1, 0.15) is 12.2 Å². The van der Waals surface area contributed by atoms with E-state index in [-0.39, 0.29) is 41.8 Å². The van der Waals surface area contributed by atoms with E-state index >= 15 is 0 Å². The Labute approximate surface area is 140 Å². The molecular formula is C16H19N5O3. The van der Waals surface area contributed by atoms with Gasteiger partial charge in [-0.15, -0.1) is 0 Å². The molecule has 0 aromatic carbocycles. The van der Waals surface area contributed by atoms with Crippen molar-refractivity contribution in [2.45, 2.75) is 25.4 Å². The van der Waals surface area contributed by atoms with Crippen LogP contribution in [0.2, 0.25) is 0 Å². The highest BCUT2D eigenvalue weighted by molar-refractivity contribution is 5.89. The van der Waals surface area contributed by atoms with Crippen LogP contribution < -0.4 is 4.74 Å². The number of amides is 2. The Morgan fingerprint density at radius 3 is 2.88 bits per heavy atom. The fraction of sp³-hybridized carbons (Fsp3) is 0.562. The molecule has 0 radical (unpaired) electrons. The highest BCUT2D eigenvalue weighted by Gasteiger charge is 2.36. The Morgan fingerprint density at radius 1 is 1.38 bits per heavy atom. The third-order valence-electron chi connectivity index (χ3n) is 4.43. The zero-order chi connectivity index (χ0) is 17.1. The van der Waals surface area contributed by atoms with Gasteiger partial charge in [-0.25, -0.2) is 9.97 Å². The predicted molar refractivity (Wildman–Crippen MR) is 82.7 cm³/mol.